The van der Waals surface area contributed by atoms with Crippen LogP contribution in [0.25, 0.3) is 43.4 Å². The summed E-state index contributed by atoms with van der Waals surface area (Å²) < 4.78 is 13.3. The van der Waals surface area contributed by atoms with Crippen LogP contribution in [0.4, 0.5) is 0 Å². The highest BCUT2D eigenvalue weighted by Gasteiger charge is 2.23. The largest absolute Gasteiger partial charge is 0.487 e. The number of nitrogens with zero attached hydrogens (tertiary/aromatic N) is 2. The van der Waals surface area contributed by atoms with Crippen LogP contribution in [-0.2, 0) is 18.0 Å². The molecule has 3 aromatic heterocycles. The Bertz CT molecular complexity index is 2090. The maximum absolute atomic E-state index is 12.3. The highest BCUT2D eigenvalue weighted by molar-refractivity contribution is 7.96. The number of carbonyl (C=O) groups is 1. The second-order valence-corrected chi connectivity index (χ2v) is 13.1. The van der Waals surface area contributed by atoms with E-state index >= 15 is 0 Å². The standard InChI is InChI=1S/C37H28N2O3S3/c1-23(37(40)43)36-35(26-13-18-29(19-14-26)42-21-34-39-32-8-4-5-9-33(32)45-34)30(22-44-36)24-11-16-28(17-12-24)41-20-27-15-10-25-6-2-3-7-31(25)38-27/h2-19,22-23H,20-21H2,1H3,(H,40,43). The van der Waals surface area contributed by atoms with Gasteiger partial charge in [-0.05, 0) is 72.0 Å². The second kappa shape index (κ2) is 12.9. The van der Waals surface area contributed by atoms with Crippen LogP contribution in [0.15, 0.2) is 115 Å². The maximum atomic E-state index is 12.3. The van der Waals surface area contributed by atoms with Crippen molar-refractivity contribution in [2.75, 3.05) is 0 Å². The Morgan fingerprint density at radius 1 is 0.756 bits per heavy atom. The average Bonchev–Trinajstić information content (AvgIpc) is 3.71. The van der Waals surface area contributed by atoms with Gasteiger partial charge in [0.05, 0.1) is 27.3 Å². The maximum Gasteiger partial charge on any atom is 0.193 e. The van der Waals surface area contributed by atoms with E-state index in [1.807, 2.05) is 85.8 Å². The number of thiazole rings is 1. The SMILES string of the molecule is CC(C(=O)S)c1scc(-c2ccc(OCc3ccc4ccccc4n3)cc2)c1-c1ccc(OCc2nc3ccccc3s2)cc1. The van der Waals surface area contributed by atoms with Crippen molar-refractivity contribution in [1.29, 1.82) is 0 Å². The molecule has 0 aliphatic rings. The number of benzene rings is 4. The van der Waals surface area contributed by atoms with E-state index in [-0.39, 0.29) is 11.0 Å². The van der Waals surface area contributed by atoms with Crippen LogP contribution in [0.2, 0.25) is 0 Å². The average molecular weight is 645 g/mol. The predicted molar refractivity (Wildman–Crippen MR) is 188 cm³/mol. The molecule has 0 spiro atoms. The highest BCUT2D eigenvalue weighted by Crippen LogP contribution is 2.44. The minimum absolute atomic E-state index is 0.161. The summed E-state index contributed by atoms with van der Waals surface area (Å²) in [5.74, 6) is 1.19. The zero-order valence-corrected chi connectivity index (χ0v) is 26.9. The topological polar surface area (TPSA) is 61.3 Å². The predicted octanol–water partition coefficient (Wildman–Crippen LogP) is 9.96. The van der Waals surface area contributed by atoms with E-state index in [4.69, 9.17) is 14.5 Å². The van der Waals surface area contributed by atoms with Gasteiger partial charge in [-0.1, -0.05) is 60.7 Å². The third-order valence-electron chi connectivity index (χ3n) is 7.63. The van der Waals surface area contributed by atoms with E-state index in [1.165, 1.54) is 0 Å². The third kappa shape index (κ3) is 6.35. The number of hydrogen-bond acceptors (Lipinski definition) is 7. The Morgan fingerprint density at radius 2 is 1.42 bits per heavy atom. The summed E-state index contributed by atoms with van der Waals surface area (Å²) in [6.45, 7) is 2.69. The van der Waals surface area contributed by atoms with Crippen LogP contribution in [-0.4, -0.2) is 15.1 Å². The molecule has 3 heterocycles. The number of aromatic nitrogens is 2. The number of fused-ring (bicyclic) bond motifs is 2. The van der Waals surface area contributed by atoms with E-state index < -0.39 is 0 Å². The normalized spacial score (nSPS) is 12.0. The Morgan fingerprint density at radius 3 is 2.16 bits per heavy atom. The molecule has 0 N–H and O–H groups in total. The van der Waals surface area contributed by atoms with Gasteiger partial charge in [-0.15, -0.1) is 35.3 Å². The van der Waals surface area contributed by atoms with Crippen molar-refractivity contribution in [3.05, 3.63) is 130 Å². The van der Waals surface area contributed by atoms with Crippen LogP contribution in [0, 0.1) is 0 Å². The minimum atomic E-state index is -0.339. The van der Waals surface area contributed by atoms with Crippen LogP contribution in [0.1, 0.15) is 28.4 Å². The zero-order valence-electron chi connectivity index (χ0n) is 24.3. The molecule has 4 aromatic carbocycles. The summed E-state index contributed by atoms with van der Waals surface area (Å²) >= 11 is 7.39. The summed E-state index contributed by atoms with van der Waals surface area (Å²) in [6.07, 6.45) is 0. The molecule has 8 heteroatoms. The van der Waals surface area contributed by atoms with Gasteiger partial charge in [0.25, 0.3) is 0 Å². The van der Waals surface area contributed by atoms with Gasteiger partial charge in [-0.3, -0.25) is 4.79 Å². The zero-order chi connectivity index (χ0) is 30.8. The highest BCUT2D eigenvalue weighted by atomic mass is 32.1. The lowest BCUT2D eigenvalue weighted by Crippen LogP contribution is -2.01. The van der Waals surface area contributed by atoms with Crippen LogP contribution in [0.3, 0.4) is 0 Å². The monoisotopic (exact) mass is 644 g/mol. The first-order chi connectivity index (χ1) is 22.0. The number of thiophene rings is 1. The minimum Gasteiger partial charge on any atom is -0.487 e. The number of hydrogen-bond donors (Lipinski definition) is 1. The molecule has 45 heavy (non-hydrogen) atoms. The molecule has 1 atom stereocenters. The van der Waals surface area contributed by atoms with Gasteiger partial charge in [0.2, 0.25) is 0 Å². The lowest BCUT2D eigenvalue weighted by atomic mass is 9.93. The van der Waals surface area contributed by atoms with Gasteiger partial charge in [-0.25, -0.2) is 9.97 Å². The fraction of sp³-hybridized carbons (Fsp3) is 0.108. The quantitative estimate of drug-likeness (QED) is 0.150. The molecular formula is C37H28N2O3S3. The molecule has 0 saturated carbocycles. The summed E-state index contributed by atoms with van der Waals surface area (Å²) in [5, 5.41) is 4.00. The van der Waals surface area contributed by atoms with Gasteiger partial charge in [-0.2, -0.15) is 0 Å². The Hall–Kier alpha value is -4.50. The summed E-state index contributed by atoms with van der Waals surface area (Å²) in [6, 6.07) is 36.3. The first-order valence-electron chi connectivity index (χ1n) is 14.5. The van der Waals surface area contributed by atoms with Crippen molar-refractivity contribution in [1.82, 2.24) is 9.97 Å². The van der Waals surface area contributed by atoms with Gasteiger partial charge in [0.15, 0.2) is 5.12 Å². The van der Waals surface area contributed by atoms with Gasteiger partial charge in [0.1, 0.15) is 29.7 Å². The lowest BCUT2D eigenvalue weighted by molar-refractivity contribution is -0.111. The van der Waals surface area contributed by atoms with Crippen LogP contribution in [0.5, 0.6) is 11.5 Å². The molecule has 7 rings (SSSR count). The van der Waals surface area contributed by atoms with E-state index in [1.54, 1.807) is 22.7 Å². The van der Waals surface area contributed by atoms with E-state index in [0.29, 0.717) is 13.2 Å². The molecule has 0 saturated heterocycles. The molecule has 0 fully saturated rings. The molecular weight excluding hydrogens is 617 g/mol. The summed E-state index contributed by atoms with van der Waals surface area (Å²) in [5.41, 5.74) is 6.96. The second-order valence-electron chi connectivity index (χ2n) is 10.6. The molecule has 0 bridgehead atoms. The Kier molecular flexibility index (Phi) is 8.35. The lowest BCUT2D eigenvalue weighted by Gasteiger charge is -2.13. The number of ether oxygens (including phenoxy) is 2. The Labute approximate surface area is 274 Å². The van der Waals surface area contributed by atoms with Crippen molar-refractivity contribution >= 4 is 61.5 Å². The van der Waals surface area contributed by atoms with E-state index in [0.717, 1.165) is 70.5 Å². The molecule has 0 aliphatic carbocycles. The first kappa shape index (κ1) is 29.2. The van der Waals surface area contributed by atoms with Gasteiger partial charge < -0.3 is 9.47 Å². The number of para-hydroxylation sites is 2. The molecule has 0 radical (unpaired) electrons. The van der Waals surface area contributed by atoms with Crippen molar-refractivity contribution < 1.29 is 14.3 Å². The van der Waals surface area contributed by atoms with Gasteiger partial charge in [0, 0.05) is 21.4 Å². The molecule has 5 nitrogen and oxygen atoms in total. The molecule has 7 aromatic rings. The van der Waals surface area contributed by atoms with Crippen molar-refractivity contribution in [2.45, 2.75) is 26.1 Å². The van der Waals surface area contributed by atoms with E-state index in [9.17, 15) is 4.79 Å². The molecule has 1 unspecified atom stereocenters. The fourth-order valence-electron chi connectivity index (χ4n) is 5.24. The van der Waals surface area contributed by atoms with Crippen LogP contribution < -0.4 is 9.47 Å². The summed E-state index contributed by atoms with van der Waals surface area (Å²) in [7, 11) is 0. The van der Waals surface area contributed by atoms with Crippen molar-refractivity contribution in [2.24, 2.45) is 0 Å². The molecule has 0 aliphatic heterocycles. The fourth-order valence-corrected chi connectivity index (χ4v) is 7.49. The smallest absolute Gasteiger partial charge is 0.193 e. The first-order valence-corrected chi connectivity index (χ1v) is 16.7. The van der Waals surface area contributed by atoms with E-state index in [2.05, 4.69) is 53.3 Å². The number of thiol groups is 1. The van der Waals surface area contributed by atoms with Crippen molar-refractivity contribution in [3.63, 3.8) is 0 Å². The molecule has 0 amide bonds. The number of rotatable bonds is 10. The van der Waals surface area contributed by atoms with Crippen molar-refractivity contribution in [3.8, 4) is 33.8 Å². The Balaban J connectivity index is 1.10. The number of pyridine rings is 1. The third-order valence-corrected chi connectivity index (χ3v) is 10.2. The molecule has 222 valence electrons. The number of carbonyl (C=O) groups excluding carboxylic acids is 1. The summed E-state index contributed by atoms with van der Waals surface area (Å²) in [4.78, 5) is 22.7. The van der Waals surface area contributed by atoms with Gasteiger partial charge >= 0.3 is 0 Å². The van der Waals surface area contributed by atoms with Crippen LogP contribution >= 0.6 is 35.3 Å².